The van der Waals surface area contributed by atoms with Gasteiger partial charge in [0.1, 0.15) is 5.82 Å². The van der Waals surface area contributed by atoms with Crippen LogP contribution in [-0.4, -0.2) is 23.3 Å². The van der Waals surface area contributed by atoms with E-state index in [9.17, 15) is 9.18 Å². The van der Waals surface area contributed by atoms with Crippen molar-refractivity contribution in [3.05, 3.63) is 53.6 Å². The maximum absolute atomic E-state index is 12.8. The first-order chi connectivity index (χ1) is 8.69. The number of rotatable bonds is 4. The fourth-order valence-corrected chi connectivity index (χ4v) is 1.52. The van der Waals surface area contributed by atoms with E-state index < -0.39 is 0 Å². The van der Waals surface area contributed by atoms with Gasteiger partial charge >= 0.3 is 0 Å². The van der Waals surface area contributed by atoms with Crippen LogP contribution in [0.1, 0.15) is 15.9 Å². The van der Waals surface area contributed by atoms with Gasteiger partial charge in [-0.15, -0.1) is 0 Å². The normalized spacial score (nSPS) is 10.1. The Morgan fingerprint density at radius 1 is 1.22 bits per heavy atom. The van der Waals surface area contributed by atoms with Crippen LogP contribution in [0.5, 0.6) is 0 Å². The van der Waals surface area contributed by atoms with E-state index in [-0.39, 0.29) is 5.82 Å². The maximum Gasteiger partial charge on any atom is 0.225 e. The van der Waals surface area contributed by atoms with Crippen LogP contribution in [0.25, 0.3) is 0 Å². The highest BCUT2D eigenvalue weighted by Crippen LogP contribution is 2.10. The number of nitrogens with zero attached hydrogens (tertiary/aromatic N) is 3. The molecular formula is C13H12FN3O. The first-order valence-electron chi connectivity index (χ1n) is 5.42. The molecule has 5 heteroatoms. The molecule has 0 saturated carbocycles. The van der Waals surface area contributed by atoms with E-state index in [0.717, 1.165) is 5.56 Å². The first-order valence-corrected chi connectivity index (χ1v) is 5.42. The second-order valence-electron chi connectivity index (χ2n) is 3.92. The lowest BCUT2D eigenvalue weighted by Gasteiger charge is -2.16. The third-order valence-electron chi connectivity index (χ3n) is 2.47. The second kappa shape index (κ2) is 5.35. The lowest BCUT2D eigenvalue weighted by Crippen LogP contribution is -2.19. The minimum absolute atomic E-state index is 0.256. The van der Waals surface area contributed by atoms with Crippen LogP contribution in [0.15, 0.2) is 36.7 Å². The average Bonchev–Trinajstić information content (AvgIpc) is 2.41. The molecule has 0 unspecified atom stereocenters. The van der Waals surface area contributed by atoms with Gasteiger partial charge in [0.2, 0.25) is 5.95 Å². The van der Waals surface area contributed by atoms with Crippen LogP contribution < -0.4 is 4.90 Å². The van der Waals surface area contributed by atoms with Crippen LogP contribution in [0, 0.1) is 5.82 Å². The Morgan fingerprint density at radius 3 is 2.39 bits per heavy atom. The molecule has 0 bridgehead atoms. The summed E-state index contributed by atoms with van der Waals surface area (Å²) >= 11 is 0. The molecule has 92 valence electrons. The number of hydrogen-bond donors (Lipinski definition) is 0. The molecule has 18 heavy (non-hydrogen) atoms. The highest BCUT2D eigenvalue weighted by molar-refractivity contribution is 5.73. The lowest BCUT2D eigenvalue weighted by atomic mass is 10.2. The van der Waals surface area contributed by atoms with Crippen molar-refractivity contribution in [2.24, 2.45) is 0 Å². The van der Waals surface area contributed by atoms with Crippen molar-refractivity contribution >= 4 is 12.2 Å². The van der Waals surface area contributed by atoms with E-state index in [1.807, 2.05) is 11.9 Å². The first kappa shape index (κ1) is 12.2. The van der Waals surface area contributed by atoms with E-state index in [1.165, 1.54) is 24.5 Å². The van der Waals surface area contributed by atoms with Gasteiger partial charge in [-0.25, -0.2) is 14.4 Å². The monoisotopic (exact) mass is 245 g/mol. The largest absolute Gasteiger partial charge is 0.340 e. The molecule has 0 atom stereocenters. The van der Waals surface area contributed by atoms with Gasteiger partial charge in [0, 0.05) is 26.0 Å². The summed E-state index contributed by atoms with van der Waals surface area (Å²) in [5, 5.41) is 0. The molecule has 0 aliphatic rings. The smallest absolute Gasteiger partial charge is 0.225 e. The highest BCUT2D eigenvalue weighted by atomic mass is 19.1. The summed E-state index contributed by atoms with van der Waals surface area (Å²) in [4.78, 5) is 20.4. The van der Waals surface area contributed by atoms with Gasteiger partial charge in [-0.1, -0.05) is 12.1 Å². The molecule has 0 aliphatic carbocycles. The standard InChI is InChI=1S/C13H12FN3O/c1-17(8-10-2-4-12(14)5-3-10)13-15-6-11(9-18)7-16-13/h2-7,9H,8H2,1H3. The van der Waals surface area contributed by atoms with Gasteiger partial charge in [-0.2, -0.15) is 0 Å². The van der Waals surface area contributed by atoms with E-state index in [1.54, 1.807) is 12.1 Å². The van der Waals surface area contributed by atoms with Crippen molar-refractivity contribution in [3.8, 4) is 0 Å². The van der Waals surface area contributed by atoms with Crippen LogP contribution in [-0.2, 0) is 6.54 Å². The molecule has 0 amide bonds. The summed E-state index contributed by atoms with van der Waals surface area (Å²) < 4.78 is 12.8. The van der Waals surface area contributed by atoms with Gasteiger partial charge in [0.25, 0.3) is 0 Å². The molecule has 1 aromatic carbocycles. The molecule has 2 aromatic rings. The second-order valence-corrected chi connectivity index (χ2v) is 3.92. The van der Waals surface area contributed by atoms with Crippen molar-refractivity contribution in [1.29, 1.82) is 0 Å². The van der Waals surface area contributed by atoms with Crippen molar-refractivity contribution in [2.45, 2.75) is 6.54 Å². The Hall–Kier alpha value is -2.30. The van der Waals surface area contributed by atoms with Crippen LogP contribution in [0.4, 0.5) is 10.3 Å². The molecule has 4 nitrogen and oxygen atoms in total. The molecule has 0 radical (unpaired) electrons. The number of carbonyl (C=O) groups excluding carboxylic acids is 1. The zero-order valence-corrected chi connectivity index (χ0v) is 9.88. The third-order valence-corrected chi connectivity index (χ3v) is 2.47. The minimum Gasteiger partial charge on any atom is -0.340 e. The number of aldehydes is 1. The van der Waals surface area contributed by atoms with Gasteiger partial charge in [0.05, 0.1) is 5.56 Å². The Balaban J connectivity index is 2.08. The molecule has 0 spiro atoms. The van der Waals surface area contributed by atoms with Crippen LogP contribution in [0.2, 0.25) is 0 Å². The Kier molecular flexibility index (Phi) is 3.62. The SMILES string of the molecule is CN(Cc1ccc(F)cc1)c1ncc(C=O)cn1. The molecular weight excluding hydrogens is 233 g/mol. The number of aromatic nitrogens is 2. The van der Waals surface area contributed by atoms with E-state index in [0.29, 0.717) is 24.3 Å². The van der Waals surface area contributed by atoms with Crippen molar-refractivity contribution in [3.63, 3.8) is 0 Å². The summed E-state index contributed by atoms with van der Waals surface area (Å²) in [7, 11) is 1.83. The molecule has 0 saturated heterocycles. The predicted octanol–water partition coefficient (Wildman–Crippen LogP) is 2.06. The summed E-state index contributed by atoms with van der Waals surface area (Å²) in [5.41, 5.74) is 1.40. The number of carbonyl (C=O) groups is 1. The zero-order valence-electron chi connectivity index (χ0n) is 9.88. The Bertz CT molecular complexity index is 525. The summed E-state index contributed by atoms with van der Waals surface area (Å²) in [6.45, 7) is 0.570. The number of benzene rings is 1. The molecule has 0 fully saturated rings. The van der Waals surface area contributed by atoms with Crippen LogP contribution in [0.3, 0.4) is 0 Å². The molecule has 2 rings (SSSR count). The van der Waals surface area contributed by atoms with E-state index in [4.69, 9.17) is 0 Å². The molecule has 0 N–H and O–H groups in total. The maximum atomic E-state index is 12.8. The van der Waals surface area contributed by atoms with Gasteiger partial charge < -0.3 is 4.90 Å². The van der Waals surface area contributed by atoms with Gasteiger partial charge in [-0.3, -0.25) is 4.79 Å². The van der Waals surface area contributed by atoms with Crippen molar-refractivity contribution in [2.75, 3.05) is 11.9 Å². The predicted molar refractivity (Wildman–Crippen MR) is 65.9 cm³/mol. The average molecular weight is 245 g/mol. The highest BCUT2D eigenvalue weighted by Gasteiger charge is 2.05. The summed E-state index contributed by atoms with van der Waals surface area (Å²) in [6.07, 6.45) is 3.64. The third kappa shape index (κ3) is 2.88. The lowest BCUT2D eigenvalue weighted by molar-refractivity contribution is 0.112. The van der Waals surface area contributed by atoms with Crippen molar-refractivity contribution in [1.82, 2.24) is 9.97 Å². The summed E-state index contributed by atoms with van der Waals surface area (Å²) in [5.74, 6) is 0.262. The van der Waals surface area contributed by atoms with E-state index >= 15 is 0 Å². The fraction of sp³-hybridized carbons (Fsp3) is 0.154. The van der Waals surface area contributed by atoms with Gasteiger partial charge in [-0.05, 0) is 17.7 Å². The molecule has 0 aliphatic heterocycles. The Morgan fingerprint density at radius 2 is 1.83 bits per heavy atom. The minimum atomic E-state index is -0.256. The van der Waals surface area contributed by atoms with Crippen molar-refractivity contribution < 1.29 is 9.18 Å². The zero-order chi connectivity index (χ0) is 13.0. The van der Waals surface area contributed by atoms with Gasteiger partial charge in [0.15, 0.2) is 6.29 Å². The quantitative estimate of drug-likeness (QED) is 0.773. The summed E-state index contributed by atoms with van der Waals surface area (Å²) in [6, 6.07) is 6.26. The number of anilines is 1. The Labute approximate surface area is 104 Å². The number of hydrogen-bond acceptors (Lipinski definition) is 4. The fourth-order valence-electron chi connectivity index (χ4n) is 1.52. The molecule has 1 heterocycles. The van der Waals surface area contributed by atoms with Crippen LogP contribution >= 0.6 is 0 Å². The molecule has 1 aromatic heterocycles. The van der Waals surface area contributed by atoms with E-state index in [2.05, 4.69) is 9.97 Å². The number of halogens is 1. The topological polar surface area (TPSA) is 46.1 Å².